The van der Waals surface area contributed by atoms with Gasteiger partial charge in [0.2, 0.25) is 5.91 Å². The van der Waals surface area contributed by atoms with Crippen molar-refractivity contribution in [2.45, 2.75) is 6.54 Å². The highest BCUT2D eigenvalue weighted by Gasteiger charge is 2.10. The van der Waals surface area contributed by atoms with Gasteiger partial charge in [-0.25, -0.2) is 4.98 Å². The Labute approximate surface area is 133 Å². The van der Waals surface area contributed by atoms with Crippen molar-refractivity contribution >= 4 is 34.8 Å². The van der Waals surface area contributed by atoms with E-state index in [4.69, 9.17) is 23.2 Å². The number of carbonyl (C=O) groups excluding carboxylic acids is 1. The summed E-state index contributed by atoms with van der Waals surface area (Å²) in [6, 6.07) is 11.0. The number of benzene rings is 1. The zero-order valence-corrected chi connectivity index (χ0v) is 13.0. The van der Waals surface area contributed by atoms with E-state index in [9.17, 15) is 4.79 Å². The number of nitrogens with one attached hydrogen (secondary N) is 1. The summed E-state index contributed by atoms with van der Waals surface area (Å²) in [6.07, 6.45) is 1.57. The minimum Gasteiger partial charge on any atom is -0.322 e. The summed E-state index contributed by atoms with van der Waals surface area (Å²) < 4.78 is 0. The van der Waals surface area contributed by atoms with E-state index in [1.807, 2.05) is 36.2 Å². The molecule has 0 spiro atoms. The number of anilines is 1. The van der Waals surface area contributed by atoms with Crippen LogP contribution in [0.1, 0.15) is 5.56 Å². The lowest BCUT2D eigenvalue weighted by Gasteiger charge is -2.17. The van der Waals surface area contributed by atoms with Gasteiger partial charge in [-0.2, -0.15) is 0 Å². The first-order valence-electron chi connectivity index (χ1n) is 6.38. The molecule has 2 aromatic rings. The molecule has 1 heterocycles. The summed E-state index contributed by atoms with van der Waals surface area (Å²) in [4.78, 5) is 17.8. The average Bonchev–Trinajstić information content (AvgIpc) is 2.44. The van der Waals surface area contributed by atoms with Crippen molar-refractivity contribution in [3.63, 3.8) is 0 Å². The van der Waals surface area contributed by atoms with Gasteiger partial charge in [0, 0.05) is 17.8 Å². The molecule has 1 amide bonds. The van der Waals surface area contributed by atoms with Crippen LogP contribution in [0.15, 0.2) is 42.6 Å². The van der Waals surface area contributed by atoms with Gasteiger partial charge in [0.25, 0.3) is 0 Å². The average molecular weight is 324 g/mol. The number of amides is 1. The van der Waals surface area contributed by atoms with Crippen molar-refractivity contribution in [1.29, 1.82) is 0 Å². The Kier molecular flexibility index (Phi) is 5.56. The second-order valence-corrected chi connectivity index (χ2v) is 5.42. The third kappa shape index (κ3) is 4.70. The maximum absolute atomic E-state index is 12.0. The van der Waals surface area contributed by atoms with Gasteiger partial charge in [0.1, 0.15) is 0 Å². The molecule has 2 rings (SSSR count). The van der Waals surface area contributed by atoms with Gasteiger partial charge in [-0.05, 0) is 30.8 Å². The van der Waals surface area contributed by atoms with Gasteiger partial charge in [-0.15, -0.1) is 0 Å². The highest BCUT2D eigenvalue weighted by Crippen LogP contribution is 2.18. The molecule has 0 atom stereocenters. The van der Waals surface area contributed by atoms with Crippen molar-refractivity contribution in [3.8, 4) is 0 Å². The quantitative estimate of drug-likeness (QED) is 0.857. The summed E-state index contributed by atoms with van der Waals surface area (Å²) in [5.74, 6) is -0.153. The molecular formula is C15H15Cl2N3O. The zero-order valence-electron chi connectivity index (χ0n) is 11.5. The van der Waals surface area contributed by atoms with Crippen LogP contribution >= 0.6 is 23.2 Å². The Morgan fingerprint density at radius 2 is 2.00 bits per heavy atom. The number of halogens is 2. The molecule has 0 bridgehead atoms. The maximum Gasteiger partial charge on any atom is 0.238 e. The minimum absolute atomic E-state index is 0.153. The number of pyridine rings is 1. The van der Waals surface area contributed by atoms with Gasteiger partial charge in [0.15, 0.2) is 5.15 Å². The first-order valence-corrected chi connectivity index (χ1v) is 7.14. The molecule has 1 aromatic carbocycles. The Bertz CT molecular complexity index is 634. The van der Waals surface area contributed by atoms with Crippen molar-refractivity contribution in [1.82, 2.24) is 9.88 Å². The van der Waals surface area contributed by atoms with E-state index in [1.54, 1.807) is 18.3 Å². The molecule has 0 aliphatic heterocycles. The number of rotatable bonds is 5. The molecule has 0 saturated heterocycles. The molecule has 110 valence electrons. The molecule has 0 unspecified atom stereocenters. The van der Waals surface area contributed by atoms with Gasteiger partial charge >= 0.3 is 0 Å². The SMILES string of the molecule is CN(CC(=O)Nc1cccnc1Cl)Cc1ccccc1Cl. The molecular weight excluding hydrogens is 309 g/mol. The Balaban J connectivity index is 1.91. The second-order valence-electron chi connectivity index (χ2n) is 4.65. The molecule has 21 heavy (non-hydrogen) atoms. The number of likely N-dealkylation sites (N-methyl/N-ethyl adjacent to an activating group) is 1. The van der Waals surface area contributed by atoms with E-state index in [0.29, 0.717) is 17.3 Å². The smallest absolute Gasteiger partial charge is 0.238 e. The maximum atomic E-state index is 12.0. The molecule has 0 aliphatic rings. The van der Waals surface area contributed by atoms with Gasteiger partial charge < -0.3 is 5.32 Å². The fourth-order valence-corrected chi connectivity index (χ4v) is 2.25. The summed E-state index contributed by atoms with van der Waals surface area (Å²) in [5, 5.41) is 3.71. The standard InChI is InChI=1S/C15H15Cl2N3O/c1-20(9-11-5-2-3-6-12(11)16)10-14(21)19-13-7-4-8-18-15(13)17/h2-8H,9-10H2,1H3,(H,19,21). The van der Waals surface area contributed by atoms with Crippen LogP contribution < -0.4 is 5.32 Å². The summed E-state index contributed by atoms with van der Waals surface area (Å²) in [6.45, 7) is 0.824. The van der Waals surface area contributed by atoms with E-state index in [1.165, 1.54) is 0 Å². The molecule has 0 saturated carbocycles. The molecule has 0 radical (unpaired) electrons. The molecule has 0 fully saturated rings. The van der Waals surface area contributed by atoms with Crippen molar-refractivity contribution < 1.29 is 4.79 Å². The number of nitrogens with zero attached hydrogens (tertiary/aromatic N) is 2. The molecule has 4 nitrogen and oxygen atoms in total. The van der Waals surface area contributed by atoms with Gasteiger partial charge in [-0.3, -0.25) is 9.69 Å². The van der Waals surface area contributed by atoms with Crippen molar-refractivity contribution in [2.24, 2.45) is 0 Å². The van der Waals surface area contributed by atoms with Crippen LogP contribution in [0.2, 0.25) is 10.2 Å². The normalized spacial score (nSPS) is 10.7. The Morgan fingerprint density at radius 3 is 2.71 bits per heavy atom. The predicted octanol–water partition coefficient (Wildman–Crippen LogP) is 3.46. The molecule has 1 N–H and O–H groups in total. The lowest BCUT2D eigenvalue weighted by atomic mass is 10.2. The van der Waals surface area contributed by atoms with Crippen LogP contribution in [-0.4, -0.2) is 29.4 Å². The molecule has 1 aromatic heterocycles. The Morgan fingerprint density at radius 1 is 1.24 bits per heavy atom. The van der Waals surface area contributed by atoms with Crippen LogP contribution in [0.3, 0.4) is 0 Å². The fourth-order valence-electron chi connectivity index (χ4n) is 1.89. The summed E-state index contributed by atoms with van der Waals surface area (Å²) >= 11 is 12.0. The highest BCUT2D eigenvalue weighted by molar-refractivity contribution is 6.32. The van der Waals surface area contributed by atoms with Crippen LogP contribution in [0, 0.1) is 0 Å². The highest BCUT2D eigenvalue weighted by atomic mass is 35.5. The van der Waals surface area contributed by atoms with E-state index in [0.717, 1.165) is 5.56 Å². The van der Waals surface area contributed by atoms with Crippen LogP contribution in [0.4, 0.5) is 5.69 Å². The molecule has 6 heteroatoms. The van der Waals surface area contributed by atoms with E-state index in [-0.39, 0.29) is 17.6 Å². The monoisotopic (exact) mass is 323 g/mol. The number of aromatic nitrogens is 1. The lowest BCUT2D eigenvalue weighted by Crippen LogP contribution is -2.30. The third-order valence-electron chi connectivity index (χ3n) is 2.84. The fraction of sp³-hybridized carbons (Fsp3) is 0.200. The second kappa shape index (κ2) is 7.41. The first-order chi connectivity index (χ1) is 10.1. The Hall–Kier alpha value is -1.62. The van der Waals surface area contributed by atoms with E-state index < -0.39 is 0 Å². The zero-order chi connectivity index (χ0) is 15.2. The van der Waals surface area contributed by atoms with E-state index in [2.05, 4.69) is 10.3 Å². The van der Waals surface area contributed by atoms with Gasteiger partial charge in [0.05, 0.1) is 12.2 Å². The number of hydrogen-bond donors (Lipinski definition) is 1. The topological polar surface area (TPSA) is 45.2 Å². The summed E-state index contributed by atoms with van der Waals surface area (Å²) in [5.41, 5.74) is 1.49. The van der Waals surface area contributed by atoms with Gasteiger partial charge in [-0.1, -0.05) is 41.4 Å². The summed E-state index contributed by atoms with van der Waals surface area (Å²) in [7, 11) is 1.85. The minimum atomic E-state index is -0.153. The van der Waals surface area contributed by atoms with E-state index >= 15 is 0 Å². The van der Waals surface area contributed by atoms with Crippen molar-refractivity contribution in [3.05, 3.63) is 58.3 Å². The first kappa shape index (κ1) is 15.8. The number of carbonyl (C=O) groups is 1. The van der Waals surface area contributed by atoms with Crippen LogP contribution in [-0.2, 0) is 11.3 Å². The van der Waals surface area contributed by atoms with Crippen molar-refractivity contribution in [2.75, 3.05) is 18.9 Å². The predicted molar refractivity (Wildman–Crippen MR) is 85.7 cm³/mol. The van der Waals surface area contributed by atoms with Crippen LogP contribution in [0.5, 0.6) is 0 Å². The van der Waals surface area contributed by atoms with Crippen LogP contribution in [0.25, 0.3) is 0 Å². The molecule has 0 aliphatic carbocycles. The largest absolute Gasteiger partial charge is 0.322 e. The number of hydrogen-bond acceptors (Lipinski definition) is 3. The third-order valence-corrected chi connectivity index (χ3v) is 3.51. The lowest BCUT2D eigenvalue weighted by molar-refractivity contribution is -0.117.